The molecule has 4 amide bonds. The van der Waals surface area contributed by atoms with Crippen LogP contribution >= 0.6 is 0 Å². The molecule has 0 saturated carbocycles. The zero-order valence-electron chi connectivity index (χ0n) is 14.2. The summed E-state index contributed by atoms with van der Waals surface area (Å²) in [5.74, 6) is 0.668. The molecule has 1 aromatic rings. The van der Waals surface area contributed by atoms with E-state index in [2.05, 4.69) is 16.0 Å². The minimum Gasteiger partial charge on any atom is -0.492 e. The van der Waals surface area contributed by atoms with Crippen LogP contribution in [0.25, 0.3) is 0 Å². The molecule has 8 heteroatoms. The van der Waals surface area contributed by atoms with Crippen LogP contribution in [0.1, 0.15) is 32.3 Å². The van der Waals surface area contributed by atoms with Crippen LogP contribution in [0, 0.1) is 0 Å². The molecule has 8 nitrogen and oxygen atoms in total. The Bertz CT molecular complexity index is 718. The number of benzene rings is 1. The lowest BCUT2D eigenvalue weighted by Gasteiger charge is -2.14. The number of carbonyl (C=O) groups is 3. The molecule has 3 rings (SSSR count). The van der Waals surface area contributed by atoms with E-state index in [1.807, 2.05) is 19.9 Å². The Morgan fingerprint density at radius 2 is 2.20 bits per heavy atom. The van der Waals surface area contributed by atoms with Crippen molar-refractivity contribution in [3.8, 4) is 11.5 Å². The molecule has 0 aromatic heterocycles. The Hall–Kier alpha value is -2.77. The zero-order valence-corrected chi connectivity index (χ0v) is 14.2. The van der Waals surface area contributed by atoms with Crippen molar-refractivity contribution in [2.45, 2.75) is 45.3 Å². The van der Waals surface area contributed by atoms with Gasteiger partial charge in [-0.05, 0) is 26.3 Å². The van der Waals surface area contributed by atoms with Gasteiger partial charge >= 0.3 is 6.03 Å². The number of amides is 4. The maximum atomic E-state index is 12.2. The minimum atomic E-state index is -0.672. The van der Waals surface area contributed by atoms with E-state index < -0.39 is 18.0 Å². The van der Waals surface area contributed by atoms with Gasteiger partial charge in [0.25, 0.3) is 5.91 Å². The summed E-state index contributed by atoms with van der Waals surface area (Å²) >= 11 is 0. The Morgan fingerprint density at radius 3 is 2.88 bits per heavy atom. The SMILES string of the molecule is CCOc1cc2c(cc1NC(=O)CC[C@H]1NC(=O)NC1=O)O[C@H](C)C2. The molecule has 25 heavy (non-hydrogen) atoms. The highest BCUT2D eigenvalue weighted by Crippen LogP contribution is 2.38. The fraction of sp³-hybridized carbons (Fsp3) is 0.471. The van der Waals surface area contributed by atoms with Crippen molar-refractivity contribution < 1.29 is 23.9 Å². The lowest BCUT2D eigenvalue weighted by Crippen LogP contribution is -2.30. The van der Waals surface area contributed by atoms with E-state index in [-0.39, 0.29) is 24.9 Å². The molecule has 2 atom stereocenters. The van der Waals surface area contributed by atoms with Crippen LogP contribution in [0.15, 0.2) is 12.1 Å². The highest BCUT2D eigenvalue weighted by atomic mass is 16.5. The van der Waals surface area contributed by atoms with E-state index in [0.29, 0.717) is 18.0 Å². The normalized spacial score (nSPS) is 21.2. The van der Waals surface area contributed by atoms with E-state index in [1.165, 1.54) is 0 Å². The van der Waals surface area contributed by atoms with E-state index >= 15 is 0 Å². The van der Waals surface area contributed by atoms with Gasteiger partial charge < -0.3 is 20.1 Å². The molecule has 3 N–H and O–H groups in total. The fourth-order valence-electron chi connectivity index (χ4n) is 2.96. The Kier molecular flexibility index (Phi) is 4.78. The van der Waals surface area contributed by atoms with Crippen molar-refractivity contribution in [1.82, 2.24) is 10.6 Å². The van der Waals surface area contributed by atoms with Gasteiger partial charge in [0.2, 0.25) is 5.91 Å². The summed E-state index contributed by atoms with van der Waals surface area (Å²) in [5, 5.41) is 7.41. The van der Waals surface area contributed by atoms with Gasteiger partial charge in [-0.2, -0.15) is 0 Å². The van der Waals surface area contributed by atoms with Crippen LogP contribution in [0.4, 0.5) is 10.5 Å². The number of fused-ring (bicyclic) bond motifs is 1. The maximum absolute atomic E-state index is 12.2. The molecule has 0 aliphatic carbocycles. The first-order chi connectivity index (χ1) is 12.0. The van der Waals surface area contributed by atoms with E-state index in [9.17, 15) is 14.4 Å². The van der Waals surface area contributed by atoms with Gasteiger partial charge in [-0.3, -0.25) is 14.9 Å². The average Bonchev–Trinajstić information content (AvgIpc) is 3.06. The van der Waals surface area contributed by atoms with Gasteiger partial charge in [-0.15, -0.1) is 0 Å². The molecule has 0 spiro atoms. The topological polar surface area (TPSA) is 106 Å². The third-order valence-corrected chi connectivity index (χ3v) is 4.09. The Balaban J connectivity index is 1.65. The van der Waals surface area contributed by atoms with Crippen molar-refractivity contribution in [2.75, 3.05) is 11.9 Å². The molecule has 134 valence electrons. The molecule has 0 unspecified atom stereocenters. The number of hydrogen-bond donors (Lipinski definition) is 3. The number of imide groups is 1. The number of carbonyl (C=O) groups excluding carboxylic acids is 3. The van der Waals surface area contributed by atoms with Crippen LogP contribution < -0.4 is 25.4 Å². The van der Waals surface area contributed by atoms with E-state index in [1.54, 1.807) is 6.07 Å². The zero-order chi connectivity index (χ0) is 18.0. The molecule has 1 fully saturated rings. The molecule has 1 aromatic carbocycles. The smallest absolute Gasteiger partial charge is 0.322 e. The van der Waals surface area contributed by atoms with E-state index in [4.69, 9.17) is 9.47 Å². The summed E-state index contributed by atoms with van der Waals surface area (Å²) in [6.45, 7) is 4.34. The summed E-state index contributed by atoms with van der Waals surface area (Å²) in [6, 6.07) is 2.46. The molecule has 0 radical (unpaired) electrons. The van der Waals surface area contributed by atoms with Crippen molar-refractivity contribution in [3.05, 3.63) is 17.7 Å². The van der Waals surface area contributed by atoms with Gasteiger partial charge in [0.1, 0.15) is 23.6 Å². The van der Waals surface area contributed by atoms with Gasteiger partial charge in [0, 0.05) is 24.5 Å². The van der Waals surface area contributed by atoms with Crippen molar-refractivity contribution in [2.24, 2.45) is 0 Å². The maximum Gasteiger partial charge on any atom is 0.322 e. The van der Waals surface area contributed by atoms with Crippen molar-refractivity contribution >= 4 is 23.5 Å². The third kappa shape index (κ3) is 3.84. The molecular weight excluding hydrogens is 326 g/mol. The van der Waals surface area contributed by atoms with Crippen LogP contribution in [-0.4, -0.2) is 36.6 Å². The number of ether oxygens (including phenoxy) is 2. The summed E-state index contributed by atoms with van der Waals surface area (Å²) in [7, 11) is 0. The number of urea groups is 1. The first-order valence-electron chi connectivity index (χ1n) is 8.34. The van der Waals surface area contributed by atoms with E-state index in [0.717, 1.165) is 17.7 Å². The number of nitrogens with one attached hydrogen (secondary N) is 3. The second kappa shape index (κ2) is 7.00. The largest absolute Gasteiger partial charge is 0.492 e. The Morgan fingerprint density at radius 1 is 1.40 bits per heavy atom. The number of anilines is 1. The molecule has 2 aliphatic heterocycles. The molecule has 2 heterocycles. The van der Waals surface area contributed by atoms with Crippen molar-refractivity contribution in [3.63, 3.8) is 0 Å². The lowest BCUT2D eigenvalue weighted by molar-refractivity contribution is -0.120. The second-order valence-corrected chi connectivity index (χ2v) is 6.12. The van der Waals surface area contributed by atoms with Crippen LogP contribution in [0.5, 0.6) is 11.5 Å². The third-order valence-electron chi connectivity index (χ3n) is 4.09. The number of hydrogen-bond acceptors (Lipinski definition) is 5. The highest BCUT2D eigenvalue weighted by molar-refractivity contribution is 6.04. The van der Waals surface area contributed by atoms with Gasteiger partial charge in [-0.1, -0.05) is 0 Å². The van der Waals surface area contributed by atoms with Crippen LogP contribution in [0.3, 0.4) is 0 Å². The summed E-state index contributed by atoms with van der Waals surface area (Å²) < 4.78 is 11.3. The second-order valence-electron chi connectivity index (χ2n) is 6.12. The van der Waals surface area contributed by atoms with Gasteiger partial charge in [0.05, 0.1) is 12.3 Å². The van der Waals surface area contributed by atoms with Crippen molar-refractivity contribution in [1.29, 1.82) is 0 Å². The van der Waals surface area contributed by atoms with Gasteiger partial charge in [-0.25, -0.2) is 4.79 Å². The van der Waals surface area contributed by atoms with Gasteiger partial charge in [0.15, 0.2) is 0 Å². The average molecular weight is 347 g/mol. The fourth-order valence-corrected chi connectivity index (χ4v) is 2.96. The Labute approximate surface area is 145 Å². The van der Waals surface area contributed by atoms with Crippen LogP contribution in [0.2, 0.25) is 0 Å². The lowest BCUT2D eigenvalue weighted by atomic mass is 10.1. The first kappa shape index (κ1) is 17.1. The first-order valence-corrected chi connectivity index (χ1v) is 8.34. The monoisotopic (exact) mass is 347 g/mol. The molecule has 1 saturated heterocycles. The molecule has 2 aliphatic rings. The minimum absolute atomic E-state index is 0.0955. The molecular formula is C17H21N3O5. The van der Waals surface area contributed by atoms with Crippen LogP contribution in [-0.2, 0) is 16.0 Å². The molecule has 0 bridgehead atoms. The summed E-state index contributed by atoms with van der Waals surface area (Å²) in [6.07, 6.45) is 1.23. The highest BCUT2D eigenvalue weighted by Gasteiger charge is 2.29. The standard InChI is InChI=1S/C17H21N3O5/c1-3-24-14-7-10-6-9(2)25-13(10)8-12(14)18-15(21)5-4-11-16(22)20-17(23)19-11/h7-9,11H,3-6H2,1-2H3,(H,18,21)(H2,19,20,22,23)/t9-,11-/m1/s1. The summed E-state index contributed by atoms with van der Waals surface area (Å²) in [4.78, 5) is 34.8. The predicted molar refractivity (Wildman–Crippen MR) is 89.7 cm³/mol. The summed E-state index contributed by atoms with van der Waals surface area (Å²) in [5.41, 5.74) is 1.60. The number of rotatable bonds is 6. The quantitative estimate of drug-likeness (QED) is 0.673. The predicted octanol–water partition coefficient (Wildman–Crippen LogP) is 1.34.